The Balaban J connectivity index is 0.000000230. The standard InChI is InChI=1S/C30H36N4O6S.C26H27NO3.C8H8O2.H3N/c1-30(2,3)40-29(35)33-16-15-22-17-27(39-19-21-11-7-5-8-12-21)26(38-4)18-24(22)25(33)20-41(36,37)28(31)34(32)23-13-9-6-10-14-23;1-28-24-11-7-6-10-20(24)12-13-23-22-17-25(29-2)26(16-21(22)14-15-27-23)30-18-19-8-4-3-5-9-19;1-10-8-5-3-2-4-7(8)6-9;/h5-14,17-18,25,31H,15-16,19-20,32H2,1-4H3;3-13,16-17,23,27H,14-15,18H2,1-2H3;2-6H,1H3;1H3/b;13-12+;;. The number of methoxy groups -OCH3 is 4. The van der Waals surface area contributed by atoms with E-state index in [-0.39, 0.29) is 18.7 Å². The van der Waals surface area contributed by atoms with Gasteiger partial charge >= 0.3 is 6.09 Å². The van der Waals surface area contributed by atoms with Crippen molar-refractivity contribution >= 4 is 39.1 Å². The Morgan fingerprint density at radius 3 is 1.65 bits per heavy atom. The summed E-state index contributed by atoms with van der Waals surface area (Å²) in [5, 5.41) is 12.1. The number of nitrogens with two attached hydrogens (primary N) is 1. The van der Waals surface area contributed by atoms with Crippen LogP contribution in [0.25, 0.3) is 6.08 Å². The summed E-state index contributed by atoms with van der Waals surface area (Å²) in [5.74, 6) is 9.39. The third-order valence-electron chi connectivity index (χ3n) is 13.2. The van der Waals surface area contributed by atoms with E-state index in [0.717, 1.165) is 63.8 Å². The third kappa shape index (κ3) is 16.7. The van der Waals surface area contributed by atoms with Crippen LogP contribution in [0.2, 0.25) is 0 Å². The number of amidine groups is 1. The molecule has 432 valence electrons. The van der Waals surface area contributed by atoms with Crippen LogP contribution < -0.4 is 50.7 Å². The first-order chi connectivity index (χ1) is 39.1. The molecule has 0 saturated carbocycles. The lowest BCUT2D eigenvalue weighted by atomic mass is 9.93. The molecule has 18 heteroatoms. The highest BCUT2D eigenvalue weighted by molar-refractivity contribution is 8.06. The van der Waals surface area contributed by atoms with Crippen molar-refractivity contribution in [1.29, 1.82) is 5.41 Å². The van der Waals surface area contributed by atoms with Crippen LogP contribution in [0.15, 0.2) is 170 Å². The van der Waals surface area contributed by atoms with Gasteiger partial charge in [-0.2, -0.15) is 0 Å². The van der Waals surface area contributed by atoms with E-state index in [2.05, 4.69) is 47.8 Å². The molecule has 0 radical (unpaired) electrons. The molecule has 0 spiro atoms. The van der Waals surface area contributed by atoms with Gasteiger partial charge in [0.25, 0.3) is 0 Å². The van der Waals surface area contributed by atoms with Gasteiger partial charge in [0.15, 0.2) is 29.3 Å². The van der Waals surface area contributed by atoms with Gasteiger partial charge in [0.1, 0.15) is 30.3 Å². The molecule has 2 atom stereocenters. The molecule has 2 heterocycles. The smallest absolute Gasteiger partial charge is 0.410 e. The highest BCUT2D eigenvalue weighted by Gasteiger charge is 2.39. The number of ether oxygens (including phenoxy) is 7. The molecule has 0 saturated heterocycles. The van der Waals surface area contributed by atoms with Gasteiger partial charge in [-0.3, -0.25) is 20.1 Å². The number of aldehydes is 1. The fourth-order valence-corrected chi connectivity index (χ4v) is 10.5. The molecule has 17 nitrogen and oxygen atoms in total. The minimum Gasteiger partial charge on any atom is -0.496 e. The van der Waals surface area contributed by atoms with E-state index in [4.69, 9.17) is 44.4 Å². The van der Waals surface area contributed by atoms with Gasteiger partial charge < -0.3 is 44.6 Å². The molecule has 7 N–H and O–H groups in total. The summed E-state index contributed by atoms with van der Waals surface area (Å²) in [6.45, 7) is 7.21. The van der Waals surface area contributed by atoms with E-state index in [1.807, 2.05) is 78.9 Å². The topological polar surface area (TPSA) is 236 Å². The number of hydrogen-bond donors (Lipinski definition) is 4. The van der Waals surface area contributed by atoms with E-state index in [0.29, 0.717) is 53.7 Å². The Morgan fingerprint density at radius 1 is 0.659 bits per heavy atom. The summed E-state index contributed by atoms with van der Waals surface area (Å²) in [6, 6.07) is 50.2. The van der Waals surface area contributed by atoms with E-state index in [1.54, 1.807) is 96.7 Å². The van der Waals surface area contributed by atoms with Crippen LogP contribution in [0.1, 0.15) is 82.2 Å². The maximum Gasteiger partial charge on any atom is 0.410 e. The van der Waals surface area contributed by atoms with Crippen molar-refractivity contribution in [3.63, 3.8) is 0 Å². The van der Waals surface area contributed by atoms with Crippen LogP contribution in [-0.2, 0) is 40.6 Å². The Morgan fingerprint density at radius 2 is 1.13 bits per heavy atom. The molecule has 9 rings (SSSR count). The maximum absolute atomic E-state index is 13.6. The summed E-state index contributed by atoms with van der Waals surface area (Å²) in [6.07, 6.45) is 5.82. The highest BCUT2D eigenvalue weighted by atomic mass is 32.2. The van der Waals surface area contributed by atoms with Crippen molar-refractivity contribution in [2.45, 2.75) is 64.5 Å². The average Bonchev–Trinajstić information content (AvgIpc) is 3.61. The lowest BCUT2D eigenvalue weighted by Crippen LogP contribution is -2.48. The van der Waals surface area contributed by atoms with E-state index >= 15 is 0 Å². The Labute approximate surface area is 481 Å². The predicted octanol–water partition coefficient (Wildman–Crippen LogP) is 11.7. The molecule has 7 aromatic carbocycles. The summed E-state index contributed by atoms with van der Waals surface area (Å²) in [5.41, 5.74) is 7.21. The molecular weight excluding hydrogens is 1060 g/mol. The number of fused-ring (bicyclic) bond motifs is 2. The molecule has 0 aliphatic carbocycles. The molecular formula is C64H74N6O11S. The minimum atomic E-state index is -4.27. The van der Waals surface area contributed by atoms with Crippen molar-refractivity contribution in [3.8, 4) is 34.5 Å². The van der Waals surface area contributed by atoms with Crippen LogP contribution >= 0.6 is 0 Å². The van der Waals surface area contributed by atoms with Gasteiger partial charge in [0.05, 0.1) is 57.5 Å². The van der Waals surface area contributed by atoms with Gasteiger partial charge in [-0.1, -0.05) is 121 Å². The number of hydrazine groups is 1. The Hall–Kier alpha value is -8.68. The monoisotopic (exact) mass is 1130 g/mol. The van der Waals surface area contributed by atoms with Crippen LogP contribution in [0.5, 0.6) is 34.5 Å². The van der Waals surface area contributed by atoms with Gasteiger partial charge in [-0.15, -0.1) is 0 Å². The van der Waals surface area contributed by atoms with E-state index in [1.165, 1.54) is 23.1 Å². The number of rotatable bonds is 16. The zero-order chi connectivity index (χ0) is 57.9. The number of hydrogen-bond acceptors (Lipinski definition) is 15. The van der Waals surface area contributed by atoms with Gasteiger partial charge in [0.2, 0.25) is 15.0 Å². The second-order valence-electron chi connectivity index (χ2n) is 19.8. The van der Waals surface area contributed by atoms with Crippen molar-refractivity contribution in [2.24, 2.45) is 5.84 Å². The van der Waals surface area contributed by atoms with Gasteiger partial charge in [0, 0.05) is 18.7 Å². The van der Waals surface area contributed by atoms with Crippen molar-refractivity contribution < 1.29 is 51.2 Å². The zero-order valence-corrected chi connectivity index (χ0v) is 48.3. The lowest BCUT2D eigenvalue weighted by Gasteiger charge is -2.38. The van der Waals surface area contributed by atoms with Crippen molar-refractivity contribution in [1.82, 2.24) is 16.4 Å². The summed E-state index contributed by atoms with van der Waals surface area (Å²) in [4.78, 5) is 25.0. The zero-order valence-electron chi connectivity index (χ0n) is 47.5. The summed E-state index contributed by atoms with van der Waals surface area (Å²) < 4.78 is 66.6. The summed E-state index contributed by atoms with van der Waals surface area (Å²) >= 11 is 0. The number of nitrogens with zero attached hydrogens (tertiary/aromatic N) is 2. The molecule has 0 bridgehead atoms. The fourth-order valence-electron chi connectivity index (χ4n) is 9.12. The molecule has 2 aliphatic heterocycles. The number of para-hydroxylation sites is 3. The fraction of sp³-hybridized carbons (Fsp3) is 0.266. The molecule has 82 heavy (non-hydrogen) atoms. The van der Waals surface area contributed by atoms with E-state index < -0.39 is 38.5 Å². The average molecular weight is 1140 g/mol. The van der Waals surface area contributed by atoms with Crippen LogP contribution in [0, 0.1) is 5.41 Å². The first-order valence-corrected chi connectivity index (χ1v) is 28.0. The second kappa shape index (κ2) is 29.7. The summed E-state index contributed by atoms with van der Waals surface area (Å²) in [7, 11) is 2.15. The SMILES string of the molecule is COc1cc2c(cc1OCc1ccccc1)CCN(C(=O)OC(C)(C)C)C2CS(=O)(=O)C(=N)N(N)c1ccccc1.COc1ccccc1/C=C/C1NCCc2cc(OCc3ccccc3)c(OC)cc21.COc1ccccc1C=O.N. The van der Waals surface area contributed by atoms with Gasteiger partial charge in [-0.05, 0) is 122 Å². The third-order valence-corrected chi connectivity index (χ3v) is 14.7. The van der Waals surface area contributed by atoms with Crippen molar-refractivity contribution in [2.75, 3.05) is 52.3 Å². The molecule has 2 aliphatic rings. The van der Waals surface area contributed by atoms with Crippen molar-refractivity contribution in [3.05, 3.63) is 214 Å². The number of nitrogens with one attached hydrogen (secondary N) is 2. The number of amides is 1. The number of carbonyl (C=O) groups is 2. The predicted molar refractivity (Wildman–Crippen MR) is 321 cm³/mol. The maximum atomic E-state index is 13.6. The highest BCUT2D eigenvalue weighted by Crippen LogP contribution is 2.41. The molecule has 7 aromatic rings. The lowest BCUT2D eigenvalue weighted by molar-refractivity contribution is 0.0162. The Bertz CT molecular complexity index is 3360. The normalized spacial score (nSPS) is 14.3. The number of anilines is 1. The van der Waals surface area contributed by atoms with E-state index in [9.17, 15) is 18.0 Å². The van der Waals surface area contributed by atoms with Crippen LogP contribution in [0.4, 0.5) is 10.5 Å². The number of sulfone groups is 1. The number of benzene rings is 7. The van der Waals surface area contributed by atoms with Crippen LogP contribution in [0.3, 0.4) is 0 Å². The molecule has 0 fully saturated rings. The van der Waals surface area contributed by atoms with Gasteiger partial charge in [-0.25, -0.2) is 19.1 Å². The quantitative estimate of drug-likeness (QED) is 0.0231. The number of carbonyl (C=O) groups excluding carboxylic acids is 2. The van der Waals surface area contributed by atoms with Crippen LogP contribution in [-0.4, -0.2) is 83.7 Å². The first-order valence-electron chi connectivity index (χ1n) is 26.3. The molecule has 2 unspecified atom stereocenters. The first kappa shape index (κ1) is 62.5. The second-order valence-corrected chi connectivity index (χ2v) is 21.8. The Kier molecular flexibility index (Phi) is 22.6. The molecule has 1 amide bonds. The molecule has 0 aromatic heterocycles. The minimum absolute atomic E-state index is 0. The largest absolute Gasteiger partial charge is 0.496 e.